The molecule has 0 radical (unpaired) electrons. The zero-order valence-corrected chi connectivity index (χ0v) is 13.9. The zero-order valence-electron chi connectivity index (χ0n) is 13.1. The van der Waals surface area contributed by atoms with E-state index in [-0.39, 0.29) is 16.2 Å². The van der Waals surface area contributed by atoms with Crippen LogP contribution in [0.25, 0.3) is 0 Å². The topological polar surface area (TPSA) is 98.5 Å². The van der Waals surface area contributed by atoms with Gasteiger partial charge in [0.2, 0.25) is 10.0 Å². The van der Waals surface area contributed by atoms with Gasteiger partial charge >= 0.3 is 0 Å². The van der Waals surface area contributed by atoms with E-state index >= 15 is 0 Å². The Morgan fingerprint density at radius 2 is 1.92 bits per heavy atom. The molecule has 0 fully saturated rings. The first-order valence-electron chi connectivity index (χ1n) is 7.19. The Labute approximate surface area is 141 Å². The van der Waals surface area contributed by atoms with Gasteiger partial charge in [0.05, 0.1) is 5.69 Å². The maximum atomic E-state index is 11.9. The molecule has 0 aliphatic rings. The van der Waals surface area contributed by atoms with Crippen LogP contribution >= 0.6 is 0 Å². The van der Waals surface area contributed by atoms with E-state index in [9.17, 15) is 13.2 Å². The molecule has 24 heavy (non-hydrogen) atoms. The Morgan fingerprint density at radius 1 is 1.21 bits per heavy atom. The van der Waals surface area contributed by atoms with Crippen molar-refractivity contribution in [1.82, 2.24) is 0 Å². The minimum absolute atomic E-state index is 0.0544. The van der Waals surface area contributed by atoms with E-state index in [2.05, 4.69) is 5.32 Å². The second-order valence-electron chi connectivity index (χ2n) is 4.92. The van der Waals surface area contributed by atoms with E-state index in [0.29, 0.717) is 24.3 Å². The highest BCUT2D eigenvalue weighted by atomic mass is 32.2. The number of anilines is 1. The van der Waals surface area contributed by atoms with Gasteiger partial charge in [-0.3, -0.25) is 4.79 Å². The Balaban J connectivity index is 2.59. The summed E-state index contributed by atoms with van der Waals surface area (Å²) in [4.78, 5) is 10.9. The maximum Gasteiger partial charge on any atom is 0.241 e. The van der Waals surface area contributed by atoms with Gasteiger partial charge in [-0.1, -0.05) is 30.4 Å². The van der Waals surface area contributed by atoms with Gasteiger partial charge in [0.15, 0.2) is 5.75 Å². The Hall–Kier alpha value is -2.64. The van der Waals surface area contributed by atoms with E-state index in [4.69, 9.17) is 9.88 Å². The van der Waals surface area contributed by atoms with E-state index in [1.807, 2.05) is 25.1 Å². The van der Waals surface area contributed by atoms with Gasteiger partial charge < -0.3 is 10.1 Å². The van der Waals surface area contributed by atoms with Crippen molar-refractivity contribution >= 4 is 22.0 Å². The average Bonchev–Trinajstić information content (AvgIpc) is 2.56. The number of sulfonamides is 1. The molecule has 0 spiro atoms. The number of para-hydroxylation sites is 1. The monoisotopic (exact) mass is 346 g/mol. The van der Waals surface area contributed by atoms with Crippen molar-refractivity contribution in [3.05, 3.63) is 60.2 Å². The van der Waals surface area contributed by atoms with Gasteiger partial charge in [0, 0.05) is 12.1 Å². The summed E-state index contributed by atoms with van der Waals surface area (Å²) in [6.45, 7) is 2.30. The number of nitrogens with two attached hydrogens (primary N) is 1. The maximum absolute atomic E-state index is 11.9. The summed E-state index contributed by atoms with van der Waals surface area (Å²) in [5.41, 5.74) is 0.549. The number of aldehydes is 1. The minimum atomic E-state index is -4.08. The fourth-order valence-corrected chi connectivity index (χ4v) is 2.74. The van der Waals surface area contributed by atoms with E-state index in [1.165, 1.54) is 12.1 Å². The number of rotatable bonds is 7. The highest BCUT2D eigenvalue weighted by Crippen LogP contribution is 2.36. The van der Waals surface area contributed by atoms with Crippen LogP contribution in [0.3, 0.4) is 0 Å². The highest BCUT2D eigenvalue weighted by molar-refractivity contribution is 7.89. The zero-order chi connectivity index (χ0) is 17.6. The predicted molar refractivity (Wildman–Crippen MR) is 93.0 cm³/mol. The third kappa shape index (κ3) is 4.43. The fraction of sp³-hybridized carbons (Fsp3) is 0.118. The minimum Gasteiger partial charge on any atom is -0.454 e. The van der Waals surface area contributed by atoms with Crippen LogP contribution in [0.5, 0.6) is 11.5 Å². The molecule has 6 nitrogen and oxygen atoms in total. The summed E-state index contributed by atoms with van der Waals surface area (Å²) in [5, 5.41) is 8.32. The van der Waals surface area contributed by atoms with Gasteiger partial charge in [-0.2, -0.15) is 0 Å². The molecule has 7 heteroatoms. The average molecular weight is 346 g/mol. The second-order valence-corrected chi connectivity index (χ2v) is 6.45. The van der Waals surface area contributed by atoms with Crippen LogP contribution in [0, 0.1) is 0 Å². The first kappa shape index (κ1) is 17.7. The van der Waals surface area contributed by atoms with Gasteiger partial charge in [0.1, 0.15) is 16.9 Å². The van der Waals surface area contributed by atoms with Gasteiger partial charge in [0.25, 0.3) is 0 Å². The van der Waals surface area contributed by atoms with Crippen molar-refractivity contribution in [3.8, 4) is 11.5 Å². The molecule has 2 aromatic carbocycles. The third-order valence-electron chi connectivity index (χ3n) is 3.13. The molecule has 0 amide bonds. The largest absolute Gasteiger partial charge is 0.454 e. The molecule has 0 atom stereocenters. The summed E-state index contributed by atoms with van der Waals surface area (Å²) in [7, 11) is -4.08. The lowest BCUT2D eigenvalue weighted by molar-refractivity contribution is 0.112. The molecule has 0 saturated carbocycles. The van der Waals surface area contributed by atoms with E-state index < -0.39 is 10.0 Å². The van der Waals surface area contributed by atoms with Crippen LogP contribution in [0.4, 0.5) is 5.69 Å². The molecule has 0 aliphatic carbocycles. The molecular weight excluding hydrogens is 328 g/mol. The van der Waals surface area contributed by atoms with Crippen LogP contribution < -0.4 is 15.2 Å². The van der Waals surface area contributed by atoms with E-state index in [0.717, 1.165) is 0 Å². The standard InChI is InChI=1S/C17H18N2O4S/c1-2-3-9-19-15-10-13(12-20)11-16(24(18,21)22)17(15)23-14-7-5-4-6-8-14/h2-8,10-12,19H,9H2,1H3,(H2,18,21,22)/b3-2+. The molecule has 0 saturated heterocycles. The molecule has 0 aliphatic heterocycles. The second kappa shape index (κ2) is 7.76. The summed E-state index contributed by atoms with van der Waals surface area (Å²) in [6, 6.07) is 11.4. The number of hydrogen-bond donors (Lipinski definition) is 2. The van der Waals surface area contributed by atoms with Gasteiger partial charge in [-0.05, 0) is 31.2 Å². The van der Waals surface area contributed by atoms with Crippen molar-refractivity contribution in [2.45, 2.75) is 11.8 Å². The molecule has 0 unspecified atom stereocenters. The SMILES string of the molecule is C/C=C/CNc1cc(C=O)cc(S(N)(=O)=O)c1Oc1ccccc1. The third-order valence-corrected chi connectivity index (χ3v) is 4.05. The molecule has 0 aromatic heterocycles. The number of hydrogen-bond acceptors (Lipinski definition) is 5. The first-order valence-corrected chi connectivity index (χ1v) is 8.74. The van der Waals surface area contributed by atoms with Crippen LogP contribution in [0.2, 0.25) is 0 Å². The fourth-order valence-electron chi connectivity index (χ4n) is 2.03. The summed E-state index contributed by atoms with van der Waals surface area (Å²) >= 11 is 0. The summed E-state index contributed by atoms with van der Waals surface area (Å²) in [6.07, 6.45) is 4.24. The molecule has 126 valence electrons. The number of primary sulfonamides is 1. The highest BCUT2D eigenvalue weighted by Gasteiger charge is 2.21. The number of carbonyl (C=O) groups excluding carboxylic acids is 1. The van der Waals surface area contributed by atoms with E-state index in [1.54, 1.807) is 24.3 Å². The lowest BCUT2D eigenvalue weighted by atomic mass is 10.2. The summed E-state index contributed by atoms with van der Waals surface area (Å²) < 4.78 is 29.6. The number of benzene rings is 2. The normalized spacial score (nSPS) is 11.4. The molecular formula is C17H18N2O4S. The molecule has 0 bridgehead atoms. The van der Waals surface area contributed by atoms with Crippen molar-refractivity contribution in [2.75, 3.05) is 11.9 Å². The Bertz CT molecular complexity index is 846. The molecule has 3 N–H and O–H groups in total. The first-order chi connectivity index (χ1) is 11.5. The Morgan fingerprint density at radius 3 is 2.50 bits per heavy atom. The van der Waals surface area contributed by atoms with Crippen molar-refractivity contribution < 1.29 is 17.9 Å². The molecule has 2 rings (SSSR count). The number of nitrogens with one attached hydrogen (secondary N) is 1. The Kier molecular flexibility index (Phi) is 5.73. The van der Waals surface area contributed by atoms with Crippen LogP contribution in [-0.2, 0) is 10.0 Å². The predicted octanol–water partition coefficient (Wildman–Crippen LogP) is 2.93. The number of ether oxygens (including phenoxy) is 1. The smallest absolute Gasteiger partial charge is 0.241 e. The lowest BCUT2D eigenvalue weighted by Crippen LogP contribution is -2.15. The quantitative estimate of drug-likeness (QED) is 0.593. The van der Waals surface area contributed by atoms with Crippen molar-refractivity contribution in [1.29, 1.82) is 0 Å². The van der Waals surface area contributed by atoms with Crippen molar-refractivity contribution in [3.63, 3.8) is 0 Å². The van der Waals surface area contributed by atoms with Gasteiger partial charge in [-0.15, -0.1) is 0 Å². The summed E-state index contributed by atoms with van der Waals surface area (Å²) in [5.74, 6) is 0.508. The van der Waals surface area contributed by atoms with Crippen LogP contribution in [-0.4, -0.2) is 21.2 Å². The number of allylic oxidation sites excluding steroid dienone is 1. The molecule has 2 aromatic rings. The van der Waals surface area contributed by atoms with Gasteiger partial charge in [-0.25, -0.2) is 13.6 Å². The van der Waals surface area contributed by atoms with Crippen LogP contribution in [0.15, 0.2) is 59.5 Å². The molecule has 0 heterocycles. The van der Waals surface area contributed by atoms with Crippen molar-refractivity contribution in [2.24, 2.45) is 5.14 Å². The van der Waals surface area contributed by atoms with Crippen LogP contribution in [0.1, 0.15) is 17.3 Å². The lowest BCUT2D eigenvalue weighted by Gasteiger charge is -2.16. The number of carbonyl (C=O) groups is 1.